The van der Waals surface area contributed by atoms with E-state index in [1.54, 1.807) is 0 Å². The molecule has 0 fully saturated rings. The van der Waals surface area contributed by atoms with Gasteiger partial charge in [-0.2, -0.15) is 0 Å². The van der Waals surface area contributed by atoms with Crippen LogP contribution in [0.2, 0.25) is 10.0 Å². The van der Waals surface area contributed by atoms with Crippen LogP contribution >= 0.6 is 23.2 Å². The lowest BCUT2D eigenvalue weighted by atomic mass is 9.90. The third kappa shape index (κ3) is 3.65. The Kier molecular flexibility index (Phi) is 5.47. The molecule has 29 heavy (non-hydrogen) atoms. The van der Waals surface area contributed by atoms with E-state index in [2.05, 4.69) is 39.5 Å². The Morgan fingerprint density at radius 3 is 2.69 bits per heavy atom. The van der Waals surface area contributed by atoms with Gasteiger partial charge in [-0.3, -0.25) is 0 Å². The molecular weight excluding hydrogens is 401 g/mol. The summed E-state index contributed by atoms with van der Waals surface area (Å²) in [4.78, 5) is 0. The molecule has 2 aromatic carbocycles. The second kappa shape index (κ2) is 8.22. The lowest BCUT2D eigenvalue weighted by Gasteiger charge is -2.20. The number of hydrogen-bond acceptors (Lipinski definition) is 2. The second-order valence-electron chi connectivity index (χ2n) is 8.19. The minimum absolute atomic E-state index is 0.635. The van der Waals surface area contributed by atoms with Crippen molar-refractivity contribution in [2.45, 2.75) is 45.1 Å². The molecule has 2 heterocycles. The van der Waals surface area contributed by atoms with Gasteiger partial charge in [0.2, 0.25) is 0 Å². The molecule has 1 aliphatic heterocycles. The fourth-order valence-corrected chi connectivity index (χ4v) is 5.40. The molecule has 2 N–H and O–H groups in total. The summed E-state index contributed by atoms with van der Waals surface area (Å²) in [6.07, 6.45) is 7.10. The average Bonchev–Trinajstić information content (AvgIpc) is 2.88. The fraction of sp³-hybridized carbons (Fsp3) is 0.417. The third-order valence-electron chi connectivity index (χ3n) is 6.47. The Hall–Kier alpha value is -1.68. The summed E-state index contributed by atoms with van der Waals surface area (Å²) in [5.74, 6) is 0. The number of nitrogens with one attached hydrogen (secondary N) is 2. The fourth-order valence-electron chi connectivity index (χ4n) is 5.08. The Morgan fingerprint density at radius 2 is 1.76 bits per heavy atom. The molecule has 3 nitrogen and oxygen atoms in total. The van der Waals surface area contributed by atoms with Gasteiger partial charge in [0.15, 0.2) is 0 Å². The van der Waals surface area contributed by atoms with Crippen molar-refractivity contribution in [1.29, 1.82) is 0 Å². The minimum atomic E-state index is 0.635. The van der Waals surface area contributed by atoms with E-state index in [1.165, 1.54) is 64.7 Å². The smallest absolute Gasteiger partial charge is 0.0613 e. The average molecular weight is 428 g/mol. The van der Waals surface area contributed by atoms with E-state index in [-0.39, 0.29) is 0 Å². The van der Waals surface area contributed by atoms with Gasteiger partial charge in [0.25, 0.3) is 0 Å². The molecule has 152 valence electrons. The molecule has 1 aliphatic carbocycles. The van der Waals surface area contributed by atoms with Crippen molar-refractivity contribution in [3.8, 4) is 0 Å². The predicted octanol–water partition coefficient (Wildman–Crippen LogP) is 5.63. The molecule has 0 radical (unpaired) electrons. The monoisotopic (exact) mass is 427 g/mol. The number of aryl methyl sites for hydroxylation is 1. The molecule has 5 rings (SSSR count). The molecule has 0 bridgehead atoms. The first-order chi connectivity index (χ1) is 14.2. The number of hydrogen-bond donors (Lipinski definition) is 2. The lowest BCUT2D eigenvalue weighted by Crippen LogP contribution is -2.18. The van der Waals surface area contributed by atoms with Gasteiger partial charge < -0.3 is 15.2 Å². The first-order valence-electron chi connectivity index (χ1n) is 10.8. The zero-order valence-electron chi connectivity index (χ0n) is 16.7. The molecule has 0 unspecified atom stereocenters. The first kappa shape index (κ1) is 19.3. The molecule has 2 aliphatic rings. The van der Waals surface area contributed by atoms with Crippen LogP contribution in [0.1, 0.15) is 35.2 Å². The van der Waals surface area contributed by atoms with Gasteiger partial charge in [0, 0.05) is 42.8 Å². The normalized spacial score (nSPS) is 16.3. The topological polar surface area (TPSA) is 29.0 Å². The third-order valence-corrected chi connectivity index (χ3v) is 7.19. The SMILES string of the molecule is Clc1cc2c3c(n(CCNc4cccc5c4CCCC5)c2cc1Cl)CCNCC3. The Balaban J connectivity index is 1.45. The molecule has 0 atom stereocenters. The van der Waals surface area contributed by atoms with Gasteiger partial charge in [-0.05, 0) is 73.5 Å². The zero-order chi connectivity index (χ0) is 19.8. The maximum Gasteiger partial charge on any atom is 0.0613 e. The van der Waals surface area contributed by atoms with Gasteiger partial charge in [0.1, 0.15) is 0 Å². The summed E-state index contributed by atoms with van der Waals surface area (Å²) in [7, 11) is 0. The molecular formula is C24H27Cl2N3. The van der Waals surface area contributed by atoms with Crippen LogP contribution in [-0.4, -0.2) is 24.2 Å². The largest absolute Gasteiger partial charge is 0.383 e. The molecule has 0 saturated heterocycles. The lowest BCUT2D eigenvalue weighted by molar-refractivity contribution is 0.670. The summed E-state index contributed by atoms with van der Waals surface area (Å²) >= 11 is 12.8. The van der Waals surface area contributed by atoms with Crippen LogP contribution < -0.4 is 10.6 Å². The first-order valence-corrected chi connectivity index (χ1v) is 11.5. The van der Waals surface area contributed by atoms with E-state index < -0.39 is 0 Å². The van der Waals surface area contributed by atoms with E-state index in [4.69, 9.17) is 23.2 Å². The van der Waals surface area contributed by atoms with E-state index in [0.29, 0.717) is 10.0 Å². The standard InChI is InChI=1S/C24H27Cl2N3/c25-20-14-19-18-8-10-27-11-9-23(18)29(24(19)15-21(20)26)13-12-28-22-7-3-5-16-4-1-2-6-17(16)22/h3,5,7,14-15,27-28H,1-2,4,6,8-13H2. The summed E-state index contributed by atoms with van der Waals surface area (Å²) in [5.41, 5.74) is 8.43. The van der Waals surface area contributed by atoms with Gasteiger partial charge in [-0.15, -0.1) is 0 Å². The number of aromatic nitrogens is 1. The maximum absolute atomic E-state index is 6.39. The number of benzene rings is 2. The van der Waals surface area contributed by atoms with Crippen molar-refractivity contribution in [3.05, 3.63) is 62.8 Å². The summed E-state index contributed by atoms with van der Waals surface area (Å²) < 4.78 is 2.46. The highest BCUT2D eigenvalue weighted by Gasteiger charge is 2.20. The molecule has 0 spiro atoms. The van der Waals surface area contributed by atoms with Gasteiger partial charge in [0.05, 0.1) is 15.6 Å². The van der Waals surface area contributed by atoms with Crippen molar-refractivity contribution in [3.63, 3.8) is 0 Å². The minimum Gasteiger partial charge on any atom is -0.383 e. The van der Waals surface area contributed by atoms with Crippen molar-refractivity contribution in [1.82, 2.24) is 9.88 Å². The van der Waals surface area contributed by atoms with Gasteiger partial charge >= 0.3 is 0 Å². The number of anilines is 1. The zero-order valence-corrected chi connectivity index (χ0v) is 18.2. The maximum atomic E-state index is 6.39. The van der Waals surface area contributed by atoms with Crippen molar-refractivity contribution in [2.24, 2.45) is 0 Å². The Labute approximate surface area is 182 Å². The summed E-state index contributed by atoms with van der Waals surface area (Å²) in [6.45, 7) is 3.86. The van der Waals surface area contributed by atoms with E-state index in [1.807, 2.05) is 6.07 Å². The number of fused-ring (bicyclic) bond motifs is 4. The van der Waals surface area contributed by atoms with Crippen LogP contribution in [0.3, 0.4) is 0 Å². The molecule has 1 aromatic heterocycles. The second-order valence-corrected chi connectivity index (χ2v) is 9.00. The van der Waals surface area contributed by atoms with E-state index >= 15 is 0 Å². The summed E-state index contributed by atoms with van der Waals surface area (Å²) in [6, 6.07) is 10.8. The van der Waals surface area contributed by atoms with Crippen LogP contribution in [0.4, 0.5) is 5.69 Å². The van der Waals surface area contributed by atoms with Crippen molar-refractivity contribution >= 4 is 39.8 Å². The van der Waals surface area contributed by atoms with Crippen LogP contribution in [-0.2, 0) is 32.2 Å². The van der Waals surface area contributed by atoms with Gasteiger partial charge in [-0.1, -0.05) is 35.3 Å². The van der Waals surface area contributed by atoms with Crippen LogP contribution in [0, 0.1) is 0 Å². The number of rotatable bonds is 4. The highest BCUT2D eigenvalue weighted by atomic mass is 35.5. The Bertz CT molecular complexity index is 1050. The molecule has 5 heteroatoms. The Morgan fingerprint density at radius 1 is 0.931 bits per heavy atom. The predicted molar refractivity (Wildman–Crippen MR) is 124 cm³/mol. The quantitative estimate of drug-likeness (QED) is 0.564. The molecule has 3 aromatic rings. The highest BCUT2D eigenvalue weighted by molar-refractivity contribution is 6.42. The van der Waals surface area contributed by atoms with E-state index in [0.717, 1.165) is 39.0 Å². The number of nitrogens with zero attached hydrogens (tertiary/aromatic N) is 1. The van der Waals surface area contributed by atoms with Crippen molar-refractivity contribution < 1.29 is 0 Å². The van der Waals surface area contributed by atoms with Crippen LogP contribution in [0.5, 0.6) is 0 Å². The van der Waals surface area contributed by atoms with E-state index in [9.17, 15) is 0 Å². The van der Waals surface area contributed by atoms with Crippen molar-refractivity contribution in [2.75, 3.05) is 25.0 Å². The molecule has 0 amide bonds. The van der Waals surface area contributed by atoms with Crippen LogP contribution in [0.15, 0.2) is 30.3 Å². The summed E-state index contributed by atoms with van der Waals surface area (Å²) in [5, 5.41) is 9.79. The van der Waals surface area contributed by atoms with Gasteiger partial charge in [-0.25, -0.2) is 0 Å². The highest BCUT2D eigenvalue weighted by Crippen LogP contribution is 2.34. The van der Waals surface area contributed by atoms with Crippen LogP contribution in [0.25, 0.3) is 10.9 Å². The molecule has 0 saturated carbocycles. The number of halogens is 2.